The van der Waals surface area contributed by atoms with Crippen LogP contribution in [-0.4, -0.2) is 30.0 Å². The molecule has 0 saturated heterocycles. The van der Waals surface area contributed by atoms with E-state index < -0.39 is 10.9 Å². The minimum Gasteiger partial charge on any atom is -0.455 e. The minimum atomic E-state index is -0.669. The molecule has 7 heteroatoms. The standard InChI is InChI=1S/C19H18N2O5/c22-18(20-11-5-8-14-6-1-3-9-16(14)20)13-26-19(23)12-15-7-2-4-10-17(15)21(24)25/h1-4,6-7,9-10H,5,8,11-13H2. The molecule has 0 radical (unpaired) electrons. The predicted molar refractivity (Wildman–Crippen MR) is 94.9 cm³/mol. The number of amides is 1. The maximum atomic E-state index is 12.4. The summed E-state index contributed by atoms with van der Waals surface area (Å²) in [6, 6.07) is 13.6. The van der Waals surface area contributed by atoms with Crippen molar-refractivity contribution in [2.24, 2.45) is 0 Å². The van der Waals surface area contributed by atoms with E-state index in [2.05, 4.69) is 0 Å². The van der Waals surface area contributed by atoms with Crippen molar-refractivity contribution in [3.63, 3.8) is 0 Å². The van der Waals surface area contributed by atoms with Crippen molar-refractivity contribution in [3.05, 3.63) is 69.8 Å². The number of nitrogens with zero attached hydrogens (tertiary/aromatic N) is 2. The summed E-state index contributed by atoms with van der Waals surface area (Å²) in [5.74, 6) is -0.967. The molecule has 0 fully saturated rings. The zero-order valence-electron chi connectivity index (χ0n) is 14.1. The fourth-order valence-corrected chi connectivity index (χ4v) is 3.06. The lowest BCUT2D eigenvalue weighted by Crippen LogP contribution is -2.38. The number of fused-ring (bicyclic) bond motifs is 1. The van der Waals surface area contributed by atoms with Gasteiger partial charge in [-0.1, -0.05) is 36.4 Å². The summed E-state index contributed by atoms with van der Waals surface area (Å²) in [5.41, 5.74) is 2.07. The van der Waals surface area contributed by atoms with Crippen molar-refractivity contribution in [3.8, 4) is 0 Å². The van der Waals surface area contributed by atoms with Gasteiger partial charge in [0, 0.05) is 23.9 Å². The largest absolute Gasteiger partial charge is 0.455 e. The van der Waals surface area contributed by atoms with E-state index in [1.54, 1.807) is 11.0 Å². The summed E-state index contributed by atoms with van der Waals surface area (Å²) in [6.07, 6.45) is 1.52. The van der Waals surface area contributed by atoms with E-state index in [-0.39, 0.29) is 30.2 Å². The quantitative estimate of drug-likeness (QED) is 0.468. The highest BCUT2D eigenvalue weighted by Gasteiger charge is 2.23. The van der Waals surface area contributed by atoms with Gasteiger partial charge in [-0.15, -0.1) is 0 Å². The third-order valence-corrected chi connectivity index (χ3v) is 4.29. The predicted octanol–water partition coefficient (Wildman–Crippen LogP) is 2.66. The van der Waals surface area contributed by atoms with Gasteiger partial charge in [0.1, 0.15) is 0 Å². The molecule has 0 atom stereocenters. The summed E-state index contributed by atoms with van der Waals surface area (Å²) >= 11 is 0. The van der Waals surface area contributed by atoms with Gasteiger partial charge in [0.2, 0.25) is 0 Å². The maximum Gasteiger partial charge on any atom is 0.311 e. The normalized spacial score (nSPS) is 13.0. The van der Waals surface area contributed by atoms with Crippen molar-refractivity contribution in [1.82, 2.24) is 0 Å². The molecule has 1 amide bonds. The van der Waals surface area contributed by atoms with Gasteiger partial charge >= 0.3 is 5.97 Å². The van der Waals surface area contributed by atoms with Crippen LogP contribution < -0.4 is 4.90 Å². The molecule has 0 spiro atoms. The fourth-order valence-electron chi connectivity index (χ4n) is 3.06. The van der Waals surface area contributed by atoms with Gasteiger partial charge in [-0.25, -0.2) is 0 Å². The first-order valence-electron chi connectivity index (χ1n) is 8.32. The Bertz CT molecular complexity index is 849. The van der Waals surface area contributed by atoms with E-state index in [0.717, 1.165) is 24.1 Å². The Labute approximate surface area is 150 Å². The second kappa shape index (κ2) is 7.77. The Morgan fingerprint density at radius 2 is 1.85 bits per heavy atom. The second-order valence-electron chi connectivity index (χ2n) is 6.00. The SMILES string of the molecule is O=C(Cc1ccccc1[N+](=O)[O-])OCC(=O)N1CCCc2ccccc21. The molecule has 134 valence electrons. The fraction of sp³-hybridized carbons (Fsp3) is 0.263. The number of carbonyl (C=O) groups excluding carboxylic acids is 2. The Balaban J connectivity index is 1.61. The molecular formula is C19H18N2O5. The lowest BCUT2D eigenvalue weighted by atomic mass is 10.0. The van der Waals surface area contributed by atoms with Crippen LogP contribution in [0.15, 0.2) is 48.5 Å². The van der Waals surface area contributed by atoms with E-state index in [1.807, 2.05) is 24.3 Å². The highest BCUT2D eigenvalue weighted by molar-refractivity contribution is 5.96. The second-order valence-corrected chi connectivity index (χ2v) is 6.00. The number of benzene rings is 2. The lowest BCUT2D eigenvalue weighted by Gasteiger charge is -2.29. The van der Waals surface area contributed by atoms with E-state index in [4.69, 9.17) is 4.74 Å². The van der Waals surface area contributed by atoms with Gasteiger partial charge in [0.25, 0.3) is 11.6 Å². The molecule has 2 aromatic carbocycles. The first-order chi connectivity index (χ1) is 12.6. The van der Waals surface area contributed by atoms with Crippen molar-refractivity contribution in [1.29, 1.82) is 0 Å². The number of ether oxygens (including phenoxy) is 1. The van der Waals surface area contributed by atoms with Gasteiger partial charge in [-0.2, -0.15) is 0 Å². The Morgan fingerprint density at radius 1 is 1.12 bits per heavy atom. The van der Waals surface area contributed by atoms with Crippen molar-refractivity contribution in [2.45, 2.75) is 19.3 Å². The number of aryl methyl sites for hydroxylation is 1. The van der Waals surface area contributed by atoms with Crippen LogP contribution in [0.2, 0.25) is 0 Å². The molecule has 2 aromatic rings. The average Bonchev–Trinajstić information content (AvgIpc) is 2.66. The molecule has 1 aliphatic heterocycles. The zero-order chi connectivity index (χ0) is 18.5. The van der Waals surface area contributed by atoms with Crippen LogP contribution in [0.5, 0.6) is 0 Å². The average molecular weight is 354 g/mol. The zero-order valence-corrected chi connectivity index (χ0v) is 14.1. The van der Waals surface area contributed by atoms with Crippen molar-refractivity contribution < 1.29 is 19.2 Å². The Kier molecular flexibility index (Phi) is 5.26. The molecular weight excluding hydrogens is 336 g/mol. The van der Waals surface area contributed by atoms with Crippen LogP contribution in [0.4, 0.5) is 11.4 Å². The van der Waals surface area contributed by atoms with Crippen LogP contribution in [0, 0.1) is 10.1 Å². The summed E-state index contributed by atoms with van der Waals surface area (Å²) in [7, 11) is 0. The molecule has 0 unspecified atom stereocenters. The summed E-state index contributed by atoms with van der Waals surface area (Å²) in [5, 5.41) is 11.0. The molecule has 0 aromatic heterocycles. The third kappa shape index (κ3) is 3.88. The number of nitro benzene ring substituents is 1. The smallest absolute Gasteiger partial charge is 0.311 e. The number of rotatable bonds is 5. The van der Waals surface area contributed by atoms with Crippen molar-refractivity contribution in [2.75, 3.05) is 18.1 Å². The lowest BCUT2D eigenvalue weighted by molar-refractivity contribution is -0.385. The van der Waals surface area contributed by atoms with Gasteiger partial charge in [0.05, 0.1) is 11.3 Å². The van der Waals surface area contributed by atoms with Crippen LogP contribution in [-0.2, 0) is 27.2 Å². The summed E-state index contributed by atoms with van der Waals surface area (Å²) < 4.78 is 5.06. The van der Waals surface area contributed by atoms with Crippen LogP contribution in [0.25, 0.3) is 0 Å². The summed E-state index contributed by atoms with van der Waals surface area (Å²) in [6.45, 7) is 0.200. The van der Waals surface area contributed by atoms with E-state index >= 15 is 0 Å². The van der Waals surface area contributed by atoms with E-state index in [9.17, 15) is 19.7 Å². The highest BCUT2D eigenvalue weighted by atomic mass is 16.6. The topological polar surface area (TPSA) is 89.7 Å². The molecule has 7 nitrogen and oxygen atoms in total. The van der Waals surface area contributed by atoms with E-state index in [0.29, 0.717) is 6.54 Å². The Morgan fingerprint density at radius 3 is 2.65 bits per heavy atom. The first kappa shape index (κ1) is 17.6. The molecule has 3 rings (SSSR count). The van der Waals surface area contributed by atoms with Crippen LogP contribution in [0.1, 0.15) is 17.5 Å². The first-order valence-corrected chi connectivity index (χ1v) is 8.32. The highest BCUT2D eigenvalue weighted by Crippen LogP contribution is 2.26. The maximum absolute atomic E-state index is 12.4. The molecule has 1 heterocycles. The molecule has 0 saturated carbocycles. The number of hydrogen-bond donors (Lipinski definition) is 0. The number of esters is 1. The molecule has 26 heavy (non-hydrogen) atoms. The van der Waals surface area contributed by atoms with E-state index in [1.165, 1.54) is 18.2 Å². The van der Waals surface area contributed by atoms with Crippen LogP contribution >= 0.6 is 0 Å². The van der Waals surface area contributed by atoms with Crippen molar-refractivity contribution >= 4 is 23.3 Å². The number of nitro groups is 1. The number of para-hydroxylation sites is 2. The Hall–Kier alpha value is -3.22. The van der Waals surface area contributed by atoms with Gasteiger partial charge in [0.15, 0.2) is 6.61 Å². The third-order valence-electron chi connectivity index (χ3n) is 4.29. The van der Waals surface area contributed by atoms with Gasteiger partial charge in [-0.05, 0) is 24.5 Å². The van der Waals surface area contributed by atoms with Gasteiger partial charge in [-0.3, -0.25) is 19.7 Å². The van der Waals surface area contributed by atoms with Gasteiger partial charge < -0.3 is 9.64 Å². The number of carbonyl (C=O) groups is 2. The molecule has 0 bridgehead atoms. The summed E-state index contributed by atoms with van der Waals surface area (Å²) in [4.78, 5) is 36.5. The molecule has 1 aliphatic rings. The number of hydrogen-bond acceptors (Lipinski definition) is 5. The monoisotopic (exact) mass is 354 g/mol. The number of anilines is 1. The molecule has 0 N–H and O–H groups in total. The van der Waals surface area contributed by atoms with Crippen LogP contribution in [0.3, 0.4) is 0 Å². The molecule has 0 aliphatic carbocycles. The minimum absolute atomic E-state index is 0.138.